The van der Waals surface area contributed by atoms with E-state index >= 15 is 0 Å². The molecule has 1 aliphatic heterocycles. The van der Waals surface area contributed by atoms with E-state index in [1.54, 1.807) is 35.2 Å². The van der Waals surface area contributed by atoms with Crippen LogP contribution in [0.1, 0.15) is 23.6 Å². The number of halogens is 1. The van der Waals surface area contributed by atoms with Gasteiger partial charge < -0.3 is 9.72 Å². The van der Waals surface area contributed by atoms with Crippen LogP contribution in [0.25, 0.3) is 28.1 Å². The second-order valence-electron chi connectivity index (χ2n) is 7.47. The average molecular weight is 427 g/mol. The van der Waals surface area contributed by atoms with E-state index in [0.717, 1.165) is 0 Å². The van der Waals surface area contributed by atoms with Gasteiger partial charge in [0.1, 0.15) is 23.4 Å². The van der Waals surface area contributed by atoms with Gasteiger partial charge >= 0.3 is 5.69 Å². The van der Waals surface area contributed by atoms with Gasteiger partial charge in [0.05, 0.1) is 41.5 Å². The molecule has 0 saturated carbocycles. The normalized spacial score (nSPS) is 15.4. The van der Waals surface area contributed by atoms with Crippen molar-refractivity contribution < 1.29 is 9.13 Å². The summed E-state index contributed by atoms with van der Waals surface area (Å²) in [5, 5.41) is 9.23. The highest BCUT2D eigenvalue weighted by atomic mass is 19.1. The molecule has 0 spiro atoms. The summed E-state index contributed by atoms with van der Waals surface area (Å²) in [5.41, 5.74) is 2.92. The third-order valence-electron chi connectivity index (χ3n) is 5.63. The number of fused-ring (bicyclic) bond motifs is 3. The van der Waals surface area contributed by atoms with Crippen LogP contribution >= 0.6 is 0 Å². The maximum atomic E-state index is 14.0. The standard InChI is InChI=1S/C22H14FN7O2/c23-13-2-4-19-14(8-13)17(5-6-32-19)30-20-16(27-22(30)31)10-25-21(28-20)29-11-26-15-3-1-12(9-24)7-18(15)29/h1-4,7-8,10-11,17H,5-6H2,(H,27,31). The topological polar surface area (TPSA) is 114 Å². The Bertz CT molecular complexity index is 1630. The minimum atomic E-state index is -0.442. The maximum Gasteiger partial charge on any atom is 0.328 e. The van der Waals surface area contributed by atoms with E-state index < -0.39 is 11.9 Å². The van der Waals surface area contributed by atoms with E-state index in [0.29, 0.717) is 58.0 Å². The van der Waals surface area contributed by atoms with Gasteiger partial charge in [0.15, 0.2) is 5.65 Å². The lowest BCUT2D eigenvalue weighted by Gasteiger charge is -2.26. The molecule has 6 rings (SSSR count). The van der Waals surface area contributed by atoms with Crippen LogP contribution < -0.4 is 10.4 Å². The second-order valence-corrected chi connectivity index (χ2v) is 7.47. The zero-order chi connectivity index (χ0) is 21.8. The summed E-state index contributed by atoms with van der Waals surface area (Å²) < 4.78 is 22.8. The summed E-state index contributed by atoms with van der Waals surface area (Å²) >= 11 is 0. The molecule has 1 aliphatic rings. The Kier molecular flexibility index (Phi) is 3.85. The highest BCUT2D eigenvalue weighted by Crippen LogP contribution is 2.35. The van der Waals surface area contributed by atoms with Gasteiger partial charge in [-0.15, -0.1) is 0 Å². The van der Waals surface area contributed by atoms with Gasteiger partial charge in [-0.05, 0) is 36.4 Å². The molecule has 0 aliphatic carbocycles. The fraction of sp³-hybridized carbons (Fsp3) is 0.136. The summed E-state index contributed by atoms with van der Waals surface area (Å²) in [7, 11) is 0. The van der Waals surface area contributed by atoms with Crippen LogP contribution in [0, 0.1) is 17.1 Å². The lowest BCUT2D eigenvalue weighted by atomic mass is 10.00. The van der Waals surface area contributed by atoms with Gasteiger partial charge in [0.25, 0.3) is 0 Å². The van der Waals surface area contributed by atoms with Crippen LogP contribution in [0.4, 0.5) is 4.39 Å². The number of imidazole rings is 2. The first-order chi connectivity index (χ1) is 15.6. The van der Waals surface area contributed by atoms with E-state index in [1.165, 1.54) is 22.9 Å². The third-order valence-corrected chi connectivity index (χ3v) is 5.63. The van der Waals surface area contributed by atoms with Crippen molar-refractivity contribution in [3.05, 3.63) is 76.4 Å². The lowest BCUT2D eigenvalue weighted by molar-refractivity contribution is 0.255. The second kappa shape index (κ2) is 6.75. The molecule has 0 fully saturated rings. The van der Waals surface area contributed by atoms with Gasteiger partial charge in [-0.1, -0.05) is 0 Å². The summed E-state index contributed by atoms with van der Waals surface area (Å²) in [4.78, 5) is 29.0. The number of nitrogens with zero attached hydrogens (tertiary/aromatic N) is 6. The summed E-state index contributed by atoms with van der Waals surface area (Å²) in [6, 6.07) is 11.1. The summed E-state index contributed by atoms with van der Waals surface area (Å²) in [6.07, 6.45) is 3.59. The number of benzene rings is 2. The number of ether oxygens (including phenoxy) is 1. The van der Waals surface area contributed by atoms with Crippen molar-refractivity contribution in [2.75, 3.05) is 6.61 Å². The first kappa shape index (κ1) is 18.3. The van der Waals surface area contributed by atoms with E-state index in [4.69, 9.17) is 4.74 Å². The van der Waals surface area contributed by atoms with E-state index in [1.807, 2.05) is 0 Å². The Morgan fingerprint density at radius 2 is 2.12 bits per heavy atom. The van der Waals surface area contributed by atoms with E-state index in [2.05, 4.69) is 26.0 Å². The molecular formula is C22H14FN7O2. The molecule has 5 aromatic rings. The zero-order valence-corrected chi connectivity index (χ0v) is 16.5. The number of H-pyrrole nitrogens is 1. The number of aromatic nitrogens is 6. The molecule has 0 bridgehead atoms. The monoisotopic (exact) mass is 427 g/mol. The van der Waals surface area contributed by atoms with Crippen molar-refractivity contribution >= 4 is 22.2 Å². The molecule has 1 atom stereocenters. The van der Waals surface area contributed by atoms with Crippen LogP contribution in [0.5, 0.6) is 5.75 Å². The predicted molar refractivity (Wildman–Crippen MR) is 112 cm³/mol. The van der Waals surface area contributed by atoms with Crippen LogP contribution in [0.2, 0.25) is 0 Å². The van der Waals surface area contributed by atoms with Crippen molar-refractivity contribution in [3.8, 4) is 17.8 Å². The molecule has 0 amide bonds. The smallest absolute Gasteiger partial charge is 0.328 e. The van der Waals surface area contributed by atoms with Crippen LogP contribution in [0.15, 0.2) is 53.7 Å². The Morgan fingerprint density at radius 1 is 1.22 bits per heavy atom. The Morgan fingerprint density at radius 3 is 3.00 bits per heavy atom. The van der Waals surface area contributed by atoms with Crippen molar-refractivity contribution in [3.63, 3.8) is 0 Å². The minimum absolute atomic E-state index is 0.300. The molecule has 10 heteroatoms. The predicted octanol–water partition coefficient (Wildman–Crippen LogP) is 2.84. The number of hydrogen-bond acceptors (Lipinski definition) is 6. The van der Waals surface area contributed by atoms with Crippen molar-refractivity contribution in [2.45, 2.75) is 12.5 Å². The molecule has 1 N–H and O–H groups in total. The number of nitrogens with one attached hydrogen (secondary N) is 1. The number of hydrogen-bond donors (Lipinski definition) is 1. The summed E-state index contributed by atoms with van der Waals surface area (Å²) in [6.45, 7) is 0.392. The Labute approximate surface area is 179 Å². The lowest BCUT2D eigenvalue weighted by Crippen LogP contribution is -2.28. The molecule has 0 radical (unpaired) electrons. The zero-order valence-electron chi connectivity index (χ0n) is 16.5. The highest BCUT2D eigenvalue weighted by molar-refractivity contribution is 5.79. The molecule has 4 heterocycles. The van der Waals surface area contributed by atoms with Crippen molar-refractivity contribution in [2.24, 2.45) is 0 Å². The molecule has 32 heavy (non-hydrogen) atoms. The van der Waals surface area contributed by atoms with Gasteiger partial charge in [-0.25, -0.2) is 19.2 Å². The van der Waals surface area contributed by atoms with Crippen LogP contribution in [0.3, 0.4) is 0 Å². The van der Waals surface area contributed by atoms with Gasteiger partial charge in [-0.3, -0.25) is 9.13 Å². The molecule has 156 valence electrons. The Hall–Kier alpha value is -4.52. The SMILES string of the molecule is N#Cc1ccc2ncn(-c3ncc4[nH]c(=O)n(C5CCOc6ccc(F)cc65)c4n3)c2c1. The molecule has 0 saturated heterocycles. The fourth-order valence-electron chi connectivity index (χ4n) is 4.16. The number of nitriles is 1. The number of rotatable bonds is 2. The first-order valence-electron chi connectivity index (χ1n) is 9.89. The fourth-order valence-corrected chi connectivity index (χ4v) is 4.16. The van der Waals surface area contributed by atoms with Crippen LogP contribution in [-0.2, 0) is 0 Å². The van der Waals surface area contributed by atoms with Gasteiger partial charge in [0, 0.05) is 12.0 Å². The van der Waals surface area contributed by atoms with Gasteiger partial charge in [-0.2, -0.15) is 10.2 Å². The van der Waals surface area contributed by atoms with E-state index in [-0.39, 0.29) is 5.69 Å². The molecule has 1 unspecified atom stereocenters. The van der Waals surface area contributed by atoms with Crippen molar-refractivity contribution in [1.82, 2.24) is 29.1 Å². The molecular weight excluding hydrogens is 413 g/mol. The largest absolute Gasteiger partial charge is 0.493 e. The maximum absolute atomic E-state index is 14.0. The minimum Gasteiger partial charge on any atom is -0.493 e. The molecule has 9 nitrogen and oxygen atoms in total. The first-order valence-corrected chi connectivity index (χ1v) is 9.89. The average Bonchev–Trinajstić information content (AvgIpc) is 3.37. The highest BCUT2D eigenvalue weighted by Gasteiger charge is 2.27. The van der Waals surface area contributed by atoms with E-state index in [9.17, 15) is 14.4 Å². The third kappa shape index (κ3) is 2.68. The van der Waals surface area contributed by atoms with Crippen molar-refractivity contribution in [1.29, 1.82) is 5.26 Å². The molecule has 3 aromatic heterocycles. The quantitative estimate of drug-likeness (QED) is 0.463. The molecule has 2 aromatic carbocycles. The van der Waals surface area contributed by atoms with Gasteiger partial charge in [0.2, 0.25) is 5.95 Å². The van der Waals surface area contributed by atoms with Crippen LogP contribution in [-0.4, -0.2) is 35.7 Å². The summed E-state index contributed by atoms with van der Waals surface area (Å²) in [5.74, 6) is 0.442. The number of aromatic amines is 1. The Balaban J connectivity index is 1.55.